The van der Waals surface area contributed by atoms with E-state index in [1.165, 1.54) is 7.11 Å². The molecular weight excluding hydrogens is 474 g/mol. The van der Waals surface area contributed by atoms with Crippen LogP contribution >= 0.6 is 0 Å². The molecule has 4 rings (SSSR count). The molecule has 2 aromatic carbocycles. The third-order valence-corrected chi connectivity index (χ3v) is 9.03. The van der Waals surface area contributed by atoms with Crippen LogP contribution in [0.15, 0.2) is 47.4 Å². The zero-order valence-electron chi connectivity index (χ0n) is 21.8. The first kappa shape index (κ1) is 26.3. The molecule has 1 aliphatic carbocycles. The van der Waals surface area contributed by atoms with Gasteiger partial charge < -0.3 is 15.0 Å². The number of anilines is 3. The third-order valence-electron chi connectivity index (χ3n) is 7.64. The molecular formula is C28H39N3O4S. The first-order valence-electron chi connectivity index (χ1n) is 12.9. The summed E-state index contributed by atoms with van der Waals surface area (Å²) in [6.45, 7) is 8.41. The Morgan fingerprint density at radius 3 is 2.31 bits per heavy atom. The summed E-state index contributed by atoms with van der Waals surface area (Å²) in [5, 5.41) is 3.01. The second-order valence-corrected chi connectivity index (χ2v) is 12.7. The van der Waals surface area contributed by atoms with Crippen molar-refractivity contribution >= 4 is 33.0 Å². The van der Waals surface area contributed by atoms with E-state index in [1.807, 2.05) is 12.1 Å². The van der Waals surface area contributed by atoms with Gasteiger partial charge in [-0.25, -0.2) is 8.42 Å². The number of carbonyl (C=O) groups excluding carboxylic acids is 1. The maximum Gasteiger partial charge on any atom is 0.264 e. The van der Waals surface area contributed by atoms with E-state index in [4.69, 9.17) is 4.74 Å². The Morgan fingerprint density at radius 1 is 1.00 bits per heavy atom. The van der Waals surface area contributed by atoms with Crippen LogP contribution in [0, 0.1) is 17.3 Å². The number of carbonyl (C=O) groups is 1. The highest BCUT2D eigenvalue weighted by molar-refractivity contribution is 7.93. The maximum atomic E-state index is 13.6. The first-order valence-corrected chi connectivity index (χ1v) is 14.4. The van der Waals surface area contributed by atoms with Crippen LogP contribution in [-0.4, -0.2) is 34.5 Å². The molecule has 1 saturated heterocycles. The van der Waals surface area contributed by atoms with Crippen LogP contribution in [-0.2, 0) is 14.8 Å². The molecule has 2 N–H and O–H groups in total. The highest BCUT2D eigenvalue weighted by Gasteiger charge is 2.33. The van der Waals surface area contributed by atoms with Crippen LogP contribution < -0.4 is 19.7 Å². The van der Waals surface area contributed by atoms with E-state index in [-0.39, 0.29) is 22.1 Å². The summed E-state index contributed by atoms with van der Waals surface area (Å²) in [5.41, 5.74) is 1.78. The van der Waals surface area contributed by atoms with Gasteiger partial charge in [-0.15, -0.1) is 0 Å². The van der Waals surface area contributed by atoms with Crippen LogP contribution in [0.3, 0.4) is 0 Å². The summed E-state index contributed by atoms with van der Waals surface area (Å²) >= 11 is 0. The van der Waals surface area contributed by atoms with Gasteiger partial charge in [0.15, 0.2) is 0 Å². The Hall–Kier alpha value is -2.74. The Labute approximate surface area is 215 Å². The largest absolute Gasteiger partial charge is 0.495 e. The molecule has 1 aliphatic heterocycles. The van der Waals surface area contributed by atoms with Crippen LogP contribution in [0.4, 0.5) is 17.1 Å². The van der Waals surface area contributed by atoms with E-state index in [1.54, 1.807) is 30.3 Å². The van der Waals surface area contributed by atoms with E-state index in [9.17, 15) is 13.2 Å². The van der Waals surface area contributed by atoms with Crippen molar-refractivity contribution in [2.24, 2.45) is 17.3 Å². The zero-order valence-corrected chi connectivity index (χ0v) is 22.7. The summed E-state index contributed by atoms with van der Waals surface area (Å²) in [5.74, 6) is 0.990. The van der Waals surface area contributed by atoms with Gasteiger partial charge in [-0.05, 0) is 80.2 Å². The van der Waals surface area contributed by atoms with Crippen molar-refractivity contribution in [1.82, 2.24) is 0 Å². The number of hydrogen-bond acceptors (Lipinski definition) is 5. The lowest BCUT2D eigenvalue weighted by atomic mass is 9.69. The molecule has 0 atom stereocenters. The van der Waals surface area contributed by atoms with Gasteiger partial charge in [0.2, 0.25) is 5.91 Å². The molecule has 36 heavy (non-hydrogen) atoms. The van der Waals surface area contributed by atoms with Crippen molar-refractivity contribution in [3.05, 3.63) is 42.5 Å². The second-order valence-electron chi connectivity index (χ2n) is 11.1. The second kappa shape index (κ2) is 10.7. The SMILES string of the molecule is COc1ccccc1NS(=O)(=O)c1cc(NC(=O)C2CCC(C(C)(C)C)CC2)ccc1N1CCCC1. The number of amides is 1. The summed E-state index contributed by atoms with van der Waals surface area (Å²) in [4.78, 5) is 15.3. The van der Waals surface area contributed by atoms with Crippen molar-refractivity contribution < 1.29 is 17.9 Å². The van der Waals surface area contributed by atoms with Crippen molar-refractivity contribution in [3.8, 4) is 5.75 Å². The highest BCUT2D eigenvalue weighted by Crippen LogP contribution is 2.40. The van der Waals surface area contributed by atoms with Crippen LogP contribution in [0.25, 0.3) is 0 Å². The Bertz CT molecular complexity index is 1180. The average Bonchev–Trinajstić information content (AvgIpc) is 3.38. The van der Waals surface area contributed by atoms with Gasteiger partial charge in [0, 0.05) is 24.7 Å². The Kier molecular flexibility index (Phi) is 7.83. The molecule has 2 aliphatic rings. The van der Waals surface area contributed by atoms with E-state index in [0.29, 0.717) is 28.7 Å². The minimum Gasteiger partial charge on any atom is -0.495 e. The van der Waals surface area contributed by atoms with Crippen molar-refractivity contribution in [2.45, 2.75) is 64.2 Å². The number of rotatable bonds is 7. The predicted octanol–water partition coefficient (Wildman–Crippen LogP) is 5.89. The minimum atomic E-state index is -3.94. The molecule has 196 valence electrons. The predicted molar refractivity (Wildman–Crippen MR) is 145 cm³/mol. The number of hydrogen-bond donors (Lipinski definition) is 2. The number of sulfonamides is 1. The van der Waals surface area contributed by atoms with Gasteiger partial charge in [0.25, 0.3) is 10.0 Å². The summed E-state index contributed by atoms with van der Waals surface area (Å²) in [6.07, 6.45) is 5.85. The quantitative estimate of drug-likeness (QED) is 0.482. The molecule has 1 saturated carbocycles. The van der Waals surface area contributed by atoms with E-state index in [0.717, 1.165) is 51.6 Å². The van der Waals surface area contributed by atoms with Gasteiger partial charge in [0.05, 0.1) is 18.5 Å². The molecule has 0 aromatic heterocycles. The first-order chi connectivity index (χ1) is 17.1. The minimum absolute atomic E-state index is 0.0303. The lowest BCUT2D eigenvalue weighted by Gasteiger charge is -2.36. The van der Waals surface area contributed by atoms with Crippen LogP contribution in [0.1, 0.15) is 59.3 Å². The monoisotopic (exact) mass is 513 g/mol. The van der Waals surface area contributed by atoms with E-state index >= 15 is 0 Å². The maximum absolute atomic E-state index is 13.6. The number of benzene rings is 2. The zero-order chi connectivity index (χ0) is 25.9. The van der Waals surface area contributed by atoms with Crippen molar-refractivity contribution in [3.63, 3.8) is 0 Å². The number of nitrogens with zero attached hydrogens (tertiary/aromatic N) is 1. The lowest BCUT2D eigenvalue weighted by molar-refractivity contribution is -0.121. The fourth-order valence-corrected chi connectivity index (χ4v) is 6.74. The van der Waals surface area contributed by atoms with E-state index < -0.39 is 10.0 Å². The molecule has 0 unspecified atom stereocenters. The number of methoxy groups -OCH3 is 1. The average molecular weight is 514 g/mol. The van der Waals surface area contributed by atoms with Gasteiger partial charge in [-0.2, -0.15) is 0 Å². The smallest absolute Gasteiger partial charge is 0.264 e. The van der Waals surface area contributed by atoms with Crippen LogP contribution in [0.5, 0.6) is 5.75 Å². The van der Waals surface area contributed by atoms with Crippen LogP contribution in [0.2, 0.25) is 0 Å². The van der Waals surface area contributed by atoms with Crippen molar-refractivity contribution in [1.29, 1.82) is 0 Å². The Balaban J connectivity index is 1.57. The molecule has 1 heterocycles. The van der Waals surface area contributed by atoms with Gasteiger partial charge in [-0.1, -0.05) is 32.9 Å². The molecule has 0 radical (unpaired) electrons. The molecule has 2 aromatic rings. The standard InChI is InChI=1S/C28H39N3O4S/c1-28(2,3)21-13-11-20(12-14-21)27(32)29-22-15-16-24(31-17-7-8-18-31)26(19-22)36(33,34)30-23-9-5-6-10-25(23)35-4/h5-6,9-10,15-16,19-21,30H,7-8,11-14,17-18H2,1-4H3,(H,29,32). The highest BCUT2D eigenvalue weighted by atomic mass is 32.2. The molecule has 8 heteroatoms. The fourth-order valence-electron chi connectivity index (χ4n) is 5.42. The molecule has 2 fully saturated rings. The third kappa shape index (κ3) is 5.97. The fraction of sp³-hybridized carbons (Fsp3) is 0.536. The molecule has 7 nitrogen and oxygen atoms in total. The summed E-state index contributed by atoms with van der Waals surface area (Å²) in [7, 11) is -2.44. The summed E-state index contributed by atoms with van der Waals surface area (Å²) in [6, 6.07) is 12.1. The topological polar surface area (TPSA) is 87.7 Å². The molecule has 0 bridgehead atoms. The summed E-state index contributed by atoms with van der Waals surface area (Å²) < 4.78 is 35.2. The lowest BCUT2D eigenvalue weighted by Crippen LogP contribution is -2.31. The number of ether oxygens (including phenoxy) is 1. The van der Waals surface area contributed by atoms with Crippen molar-refractivity contribution in [2.75, 3.05) is 35.1 Å². The Morgan fingerprint density at radius 2 is 1.67 bits per heavy atom. The van der Waals surface area contributed by atoms with Gasteiger partial charge in [-0.3, -0.25) is 9.52 Å². The molecule has 0 spiro atoms. The van der Waals surface area contributed by atoms with Gasteiger partial charge in [0.1, 0.15) is 10.6 Å². The normalized spacial score (nSPS) is 20.7. The van der Waals surface area contributed by atoms with Gasteiger partial charge >= 0.3 is 0 Å². The number of para-hydroxylation sites is 2. The number of nitrogens with one attached hydrogen (secondary N) is 2. The van der Waals surface area contributed by atoms with E-state index in [2.05, 4.69) is 35.7 Å². The molecule has 1 amide bonds.